The van der Waals surface area contributed by atoms with E-state index in [1.165, 1.54) is 0 Å². The maximum atomic E-state index is 11.2. The van der Waals surface area contributed by atoms with E-state index in [-0.39, 0.29) is 0 Å². The molecule has 18 heavy (non-hydrogen) atoms. The van der Waals surface area contributed by atoms with E-state index in [1.807, 2.05) is 30.3 Å². The summed E-state index contributed by atoms with van der Waals surface area (Å²) in [6, 6.07) is 9.95. The summed E-state index contributed by atoms with van der Waals surface area (Å²) in [5, 5.41) is 13.4. The zero-order chi connectivity index (χ0) is 13.2. The van der Waals surface area contributed by atoms with E-state index in [1.54, 1.807) is 30.9 Å². The Morgan fingerprint density at radius 1 is 1.33 bits per heavy atom. The first kappa shape index (κ1) is 12.4. The molecule has 0 unspecified atom stereocenters. The Morgan fingerprint density at radius 3 is 2.61 bits per heavy atom. The summed E-state index contributed by atoms with van der Waals surface area (Å²) in [5.74, 6) is -0.846. The van der Waals surface area contributed by atoms with Gasteiger partial charge in [0.1, 0.15) is 0 Å². The van der Waals surface area contributed by atoms with Crippen LogP contribution in [0, 0.1) is 0 Å². The number of hydrogen-bond donors (Lipinski definition) is 1. The van der Waals surface area contributed by atoms with Crippen molar-refractivity contribution in [3.05, 3.63) is 53.9 Å². The van der Waals surface area contributed by atoms with Crippen LogP contribution < -0.4 is 0 Å². The Labute approximate surface area is 106 Å². The summed E-state index contributed by atoms with van der Waals surface area (Å²) in [7, 11) is 0. The number of rotatable bonds is 4. The van der Waals surface area contributed by atoms with Crippen LogP contribution in [0.15, 0.2) is 42.7 Å². The van der Waals surface area contributed by atoms with Crippen LogP contribution in [0.4, 0.5) is 0 Å². The molecule has 1 aromatic carbocycles. The Bertz CT molecular complexity index is 544. The highest BCUT2D eigenvalue weighted by molar-refractivity contribution is 5.79. The average molecular weight is 244 g/mol. The van der Waals surface area contributed by atoms with Gasteiger partial charge in [-0.1, -0.05) is 30.3 Å². The van der Waals surface area contributed by atoms with Crippen molar-refractivity contribution in [3.8, 4) is 0 Å². The van der Waals surface area contributed by atoms with Gasteiger partial charge >= 0.3 is 5.97 Å². The van der Waals surface area contributed by atoms with Crippen molar-refractivity contribution in [2.24, 2.45) is 0 Å². The molecule has 0 aliphatic carbocycles. The largest absolute Gasteiger partial charge is 0.481 e. The molecule has 0 aliphatic heterocycles. The Balaban J connectivity index is 2.19. The van der Waals surface area contributed by atoms with Gasteiger partial charge in [-0.25, -0.2) is 0 Å². The van der Waals surface area contributed by atoms with Crippen molar-refractivity contribution in [1.29, 1.82) is 0 Å². The molecule has 0 radical (unpaired) electrons. The van der Waals surface area contributed by atoms with Crippen LogP contribution in [0.1, 0.15) is 25.0 Å². The second-order valence-electron chi connectivity index (χ2n) is 4.84. The van der Waals surface area contributed by atoms with Gasteiger partial charge in [0.2, 0.25) is 0 Å². The van der Waals surface area contributed by atoms with Crippen molar-refractivity contribution in [2.45, 2.75) is 25.8 Å². The molecule has 1 aromatic heterocycles. The number of carboxylic acids is 1. The van der Waals surface area contributed by atoms with Crippen LogP contribution in [0.25, 0.3) is 0 Å². The topological polar surface area (TPSA) is 55.1 Å². The third kappa shape index (κ3) is 2.42. The molecule has 0 saturated carbocycles. The van der Waals surface area contributed by atoms with Crippen LogP contribution in [0.2, 0.25) is 0 Å². The molecule has 0 atom stereocenters. The third-order valence-corrected chi connectivity index (χ3v) is 3.08. The number of nitrogens with zero attached hydrogens (tertiary/aromatic N) is 2. The first-order valence-electron chi connectivity index (χ1n) is 5.80. The number of benzene rings is 1. The lowest BCUT2D eigenvalue weighted by molar-refractivity contribution is -0.142. The maximum absolute atomic E-state index is 11.2. The van der Waals surface area contributed by atoms with E-state index in [9.17, 15) is 4.79 Å². The molecule has 0 spiro atoms. The first-order valence-corrected chi connectivity index (χ1v) is 5.80. The Morgan fingerprint density at radius 2 is 2.00 bits per heavy atom. The zero-order valence-electron chi connectivity index (χ0n) is 10.5. The fraction of sp³-hybridized carbons (Fsp3) is 0.286. The van der Waals surface area contributed by atoms with Crippen molar-refractivity contribution in [3.63, 3.8) is 0 Å². The van der Waals surface area contributed by atoms with Crippen molar-refractivity contribution < 1.29 is 9.90 Å². The highest BCUT2D eigenvalue weighted by atomic mass is 16.4. The van der Waals surface area contributed by atoms with Gasteiger partial charge in [0.05, 0.1) is 18.2 Å². The number of aromatic nitrogens is 2. The van der Waals surface area contributed by atoms with Gasteiger partial charge in [0, 0.05) is 11.8 Å². The predicted octanol–water partition coefficient (Wildman–Crippen LogP) is 2.29. The van der Waals surface area contributed by atoms with Crippen LogP contribution in [-0.2, 0) is 16.8 Å². The van der Waals surface area contributed by atoms with Crippen molar-refractivity contribution >= 4 is 5.97 Å². The molecule has 0 saturated heterocycles. The fourth-order valence-electron chi connectivity index (χ4n) is 1.67. The van der Waals surface area contributed by atoms with E-state index in [4.69, 9.17) is 5.11 Å². The summed E-state index contributed by atoms with van der Waals surface area (Å²) < 4.78 is 1.76. The van der Waals surface area contributed by atoms with Gasteiger partial charge in [0.15, 0.2) is 0 Å². The second-order valence-corrected chi connectivity index (χ2v) is 4.84. The monoisotopic (exact) mass is 244 g/mol. The lowest BCUT2D eigenvalue weighted by Gasteiger charge is -2.16. The zero-order valence-corrected chi connectivity index (χ0v) is 10.5. The van der Waals surface area contributed by atoms with Crippen LogP contribution in [0.5, 0.6) is 0 Å². The van der Waals surface area contributed by atoms with Gasteiger partial charge in [-0.15, -0.1) is 0 Å². The lowest BCUT2D eigenvalue weighted by Crippen LogP contribution is -2.27. The summed E-state index contributed by atoms with van der Waals surface area (Å²) in [4.78, 5) is 11.2. The van der Waals surface area contributed by atoms with E-state index in [2.05, 4.69) is 5.10 Å². The van der Waals surface area contributed by atoms with E-state index >= 15 is 0 Å². The third-order valence-electron chi connectivity index (χ3n) is 3.08. The summed E-state index contributed by atoms with van der Waals surface area (Å²) in [5.41, 5.74) is 0.945. The Kier molecular flexibility index (Phi) is 3.19. The minimum atomic E-state index is -0.908. The number of hydrogen-bond acceptors (Lipinski definition) is 2. The molecule has 0 aliphatic rings. The first-order chi connectivity index (χ1) is 8.50. The fourth-order valence-corrected chi connectivity index (χ4v) is 1.67. The minimum absolute atomic E-state index is 0.649. The second kappa shape index (κ2) is 4.64. The molecule has 2 rings (SSSR count). The van der Waals surface area contributed by atoms with E-state index < -0.39 is 11.4 Å². The highest BCUT2D eigenvalue weighted by Crippen LogP contribution is 2.22. The molecule has 4 heteroatoms. The van der Waals surface area contributed by atoms with Crippen LogP contribution >= 0.6 is 0 Å². The highest BCUT2D eigenvalue weighted by Gasteiger charge is 2.30. The van der Waals surface area contributed by atoms with Gasteiger partial charge in [-0.05, 0) is 19.4 Å². The number of aliphatic carboxylic acids is 1. The van der Waals surface area contributed by atoms with E-state index in [0.717, 1.165) is 5.56 Å². The predicted molar refractivity (Wildman–Crippen MR) is 68.4 cm³/mol. The molecule has 0 amide bonds. The standard InChI is InChI=1S/C14H16N2O2/c1-14(2,13(17)18)12-8-15-16(10-12)9-11-6-4-3-5-7-11/h3-8,10H,9H2,1-2H3,(H,17,18). The van der Waals surface area contributed by atoms with Gasteiger partial charge < -0.3 is 5.11 Å². The van der Waals surface area contributed by atoms with Gasteiger partial charge in [-0.2, -0.15) is 5.10 Å². The number of carboxylic acid groups (broad SMARTS) is 1. The quantitative estimate of drug-likeness (QED) is 0.897. The van der Waals surface area contributed by atoms with Crippen LogP contribution in [-0.4, -0.2) is 20.9 Å². The maximum Gasteiger partial charge on any atom is 0.313 e. The smallest absolute Gasteiger partial charge is 0.313 e. The molecule has 0 fully saturated rings. The molecule has 1 heterocycles. The summed E-state index contributed by atoms with van der Waals surface area (Å²) in [6.45, 7) is 4.01. The van der Waals surface area contributed by atoms with Crippen LogP contribution in [0.3, 0.4) is 0 Å². The molecule has 2 aromatic rings. The molecular formula is C14H16N2O2. The molecule has 94 valence electrons. The van der Waals surface area contributed by atoms with Crippen molar-refractivity contribution in [1.82, 2.24) is 9.78 Å². The normalized spacial score (nSPS) is 11.4. The van der Waals surface area contributed by atoms with Gasteiger partial charge in [0.25, 0.3) is 0 Å². The SMILES string of the molecule is CC(C)(C(=O)O)c1cnn(Cc2ccccc2)c1. The van der Waals surface area contributed by atoms with E-state index in [0.29, 0.717) is 12.1 Å². The Hall–Kier alpha value is -2.10. The van der Waals surface area contributed by atoms with Crippen molar-refractivity contribution in [2.75, 3.05) is 0 Å². The summed E-state index contributed by atoms with van der Waals surface area (Å²) in [6.07, 6.45) is 3.41. The molecule has 4 nitrogen and oxygen atoms in total. The molecule has 0 bridgehead atoms. The molecular weight excluding hydrogens is 228 g/mol. The minimum Gasteiger partial charge on any atom is -0.481 e. The number of carbonyl (C=O) groups is 1. The summed E-state index contributed by atoms with van der Waals surface area (Å²) >= 11 is 0. The average Bonchev–Trinajstić information content (AvgIpc) is 2.79. The lowest BCUT2D eigenvalue weighted by atomic mass is 9.87. The molecule has 1 N–H and O–H groups in total. The van der Waals surface area contributed by atoms with Gasteiger partial charge in [-0.3, -0.25) is 9.48 Å².